The molecule has 0 spiro atoms. The predicted octanol–water partition coefficient (Wildman–Crippen LogP) is 2.41. The van der Waals surface area contributed by atoms with Crippen molar-refractivity contribution in [3.05, 3.63) is 52.6 Å². The summed E-state index contributed by atoms with van der Waals surface area (Å²) in [5.41, 5.74) is -0.150. The van der Waals surface area contributed by atoms with Crippen LogP contribution in [0.4, 0.5) is 10.8 Å². The third-order valence-electron chi connectivity index (χ3n) is 3.36. The lowest BCUT2D eigenvalue weighted by molar-refractivity contribution is -0.387. The second kappa shape index (κ2) is 6.30. The number of hydrogen-bond acceptors (Lipinski definition) is 8. The summed E-state index contributed by atoms with van der Waals surface area (Å²) < 4.78 is 50.9. The zero-order valence-corrected chi connectivity index (χ0v) is 15.6. The molecule has 1 N–H and O–H groups in total. The summed E-state index contributed by atoms with van der Waals surface area (Å²) in [5, 5.41) is 11.0. The molecule has 0 aliphatic heterocycles. The topological polar surface area (TPSA) is 136 Å². The van der Waals surface area contributed by atoms with Gasteiger partial charge in [0.05, 0.1) is 20.0 Å². The van der Waals surface area contributed by atoms with Gasteiger partial charge in [0.2, 0.25) is 0 Å². The molecule has 1 heterocycles. The summed E-state index contributed by atoms with van der Waals surface area (Å²) in [6, 6.07) is 9.18. The van der Waals surface area contributed by atoms with Crippen LogP contribution in [0.25, 0.3) is 10.2 Å². The van der Waals surface area contributed by atoms with Gasteiger partial charge in [-0.25, -0.2) is 21.8 Å². The van der Waals surface area contributed by atoms with Crippen LogP contribution in [0.1, 0.15) is 0 Å². The third kappa shape index (κ3) is 3.52. The van der Waals surface area contributed by atoms with E-state index in [1.54, 1.807) is 0 Å². The summed E-state index contributed by atoms with van der Waals surface area (Å²) in [7, 11) is -7.65. The molecule has 0 fully saturated rings. The van der Waals surface area contributed by atoms with Crippen molar-refractivity contribution in [1.82, 2.24) is 4.98 Å². The average Bonchev–Trinajstić information content (AvgIpc) is 2.94. The van der Waals surface area contributed by atoms with Crippen molar-refractivity contribution in [3.8, 4) is 0 Å². The molecule has 26 heavy (non-hydrogen) atoms. The van der Waals surface area contributed by atoms with Crippen LogP contribution < -0.4 is 4.72 Å². The SMILES string of the molecule is CS(=O)(=O)c1ccc2nc(NS(=O)(=O)c3ccccc3[N+](=O)[O-])sc2c1. The number of rotatable bonds is 5. The van der Waals surface area contributed by atoms with Gasteiger partial charge in [-0.2, -0.15) is 0 Å². The van der Waals surface area contributed by atoms with Crippen LogP contribution in [0.5, 0.6) is 0 Å². The Labute approximate surface area is 152 Å². The molecule has 12 heteroatoms. The number of nitrogens with one attached hydrogen (secondary N) is 1. The lowest BCUT2D eigenvalue weighted by Crippen LogP contribution is -2.14. The number of nitro groups is 1. The maximum absolute atomic E-state index is 12.5. The van der Waals surface area contributed by atoms with Gasteiger partial charge >= 0.3 is 0 Å². The molecule has 0 bridgehead atoms. The van der Waals surface area contributed by atoms with Crippen LogP contribution >= 0.6 is 11.3 Å². The van der Waals surface area contributed by atoms with Gasteiger partial charge in [0.25, 0.3) is 15.7 Å². The maximum Gasteiger partial charge on any atom is 0.289 e. The quantitative estimate of drug-likeness (QED) is 0.501. The highest BCUT2D eigenvalue weighted by atomic mass is 32.2. The number of thiazole rings is 1. The highest BCUT2D eigenvalue weighted by Gasteiger charge is 2.26. The van der Waals surface area contributed by atoms with Gasteiger partial charge in [-0.05, 0) is 24.3 Å². The highest BCUT2D eigenvalue weighted by molar-refractivity contribution is 7.93. The molecule has 2 aromatic carbocycles. The maximum atomic E-state index is 12.5. The number of fused-ring (bicyclic) bond motifs is 1. The van der Waals surface area contributed by atoms with Crippen LogP contribution in [-0.2, 0) is 19.9 Å². The summed E-state index contributed by atoms with van der Waals surface area (Å²) >= 11 is 0.928. The standard InChI is InChI=1S/C14H11N3O6S3/c1-25(20,21)9-6-7-10-12(8-9)24-14(15-10)16-26(22,23)13-5-3-2-4-11(13)17(18)19/h2-8H,1H3,(H,15,16). The van der Waals surface area contributed by atoms with Crippen LogP contribution in [0.3, 0.4) is 0 Å². The molecule has 0 radical (unpaired) electrons. The fourth-order valence-electron chi connectivity index (χ4n) is 2.18. The number of benzene rings is 2. The van der Waals surface area contributed by atoms with Gasteiger partial charge in [0.15, 0.2) is 19.9 Å². The lowest BCUT2D eigenvalue weighted by atomic mass is 10.3. The van der Waals surface area contributed by atoms with Crippen molar-refractivity contribution in [3.63, 3.8) is 0 Å². The number of hydrogen-bond donors (Lipinski definition) is 1. The van der Waals surface area contributed by atoms with Crippen LogP contribution in [-0.4, -0.2) is 33.0 Å². The van der Waals surface area contributed by atoms with E-state index in [2.05, 4.69) is 9.71 Å². The molecule has 0 amide bonds. The molecule has 0 atom stereocenters. The van der Waals surface area contributed by atoms with Crippen molar-refractivity contribution in [2.75, 3.05) is 11.0 Å². The minimum absolute atomic E-state index is 0.0243. The first-order valence-corrected chi connectivity index (χ1v) is 11.1. The van der Waals surface area contributed by atoms with Gasteiger partial charge in [-0.1, -0.05) is 23.5 Å². The number of sulfonamides is 1. The summed E-state index contributed by atoms with van der Waals surface area (Å²) in [4.78, 5) is 13.9. The largest absolute Gasteiger partial charge is 0.289 e. The Balaban J connectivity index is 2.02. The fourth-order valence-corrected chi connectivity index (χ4v) is 5.22. The number of aromatic nitrogens is 1. The summed E-state index contributed by atoms with van der Waals surface area (Å²) in [6.07, 6.45) is 1.06. The molecule has 0 aliphatic carbocycles. The molecule has 0 aliphatic rings. The first-order chi connectivity index (χ1) is 12.1. The molecule has 3 aromatic rings. The molecule has 1 aromatic heterocycles. The summed E-state index contributed by atoms with van der Waals surface area (Å²) in [6.45, 7) is 0. The minimum atomic E-state index is -4.24. The lowest BCUT2D eigenvalue weighted by Gasteiger charge is -2.05. The van der Waals surface area contributed by atoms with Gasteiger partial charge in [0.1, 0.15) is 0 Å². The molecular weight excluding hydrogens is 402 g/mol. The van der Waals surface area contributed by atoms with Crippen LogP contribution in [0, 0.1) is 10.1 Å². The Hall–Kier alpha value is -2.57. The number of para-hydroxylation sites is 1. The molecule has 0 unspecified atom stereocenters. The molecule has 136 valence electrons. The van der Waals surface area contributed by atoms with E-state index in [-0.39, 0.29) is 10.0 Å². The molecule has 3 rings (SSSR count). The normalized spacial score (nSPS) is 12.2. The first-order valence-electron chi connectivity index (χ1n) is 6.95. The zero-order valence-electron chi connectivity index (χ0n) is 13.1. The van der Waals surface area contributed by atoms with Gasteiger partial charge in [-0.15, -0.1) is 0 Å². The van der Waals surface area contributed by atoms with Crippen molar-refractivity contribution >= 4 is 52.2 Å². The van der Waals surface area contributed by atoms with Gasteiger partial charge in [-0.3, -0.25) is 14.8 Å². The smallest absolute Gasteiger partial charge is 0.258 e. The van der Waals surface area contributed by atoms with E-state index in [1.165, 1.54) is 30.3 Å². The Bertz CT molecular complexity index is 1230. The van der Waals surface area contributed by atoms with Gasteiger partial charge < -0.3 is 0 Å². The number of anilines is 1. The van der Waals surface area contributed by atoms with E-state index in [4.69, 9.17) is 0 Å². The van der Waals surface area contributed by atoms with Crippen molar-refractivity contribution in [1.29, 1.82) is 0 Å². The number of sulfone groups is 1. The van der Waals surface area contributed by atoms with E-state index in [9.17, 15) is 26.9 Å². The Morgan fingerprint density at radius 2 is 1.81 bits per heavy atom. The predicted molar refractivity (Wildman–Crippen MR) is 96.6 cm³/mol. The minimum Gasteiger partial charge on any atom is -0.258 e. The summed E-state index contributed by atoms with van der Waals surface area (Å²) in [5.74, 6) is 0. The van der Waals surface area contributed by atoms with E-state index in [1.807, 2.05) is 0 Å². The first kappa shape index (κ1) is 18.2. The number of nitrogens with zero attached hydrogens (tertiary/aromatic N) is 2. The molecular formula is C14H11N3O6S3. The molecule has 0 saturated carbocycles. The second-order valence-corrected chi connectivity index (χ2v) is 9.95. The van der Waals surface area contributed by atoms with E-state index >= 15 is 0 Å². The Morgan fingerprint density at radius 3 is 2.46 bits per heavy atom. The van der Waals surface area contributed by atoms with Crippen LogP contribution in [0.2, 0.25) is 0 Å². The average molecular weight is 413 g/mol. The second-order valence-electron chi connectivity index (χ2n) is 5.25. The van der Waals surface area contributed by atoms with Gasteiger partial charge in [0, 0.05) is 12.3 Å². The van der Waals surface area contributed by atoms with E-state index < -0.39 is 35.4 Å². The van der Waals surface area contributed by atoms with Crippen molar-refractivity contribution in [2.45, 2.75) is 9.79 Å². The fraction of sp³-hybridized carbons (Fsp3) is 0.0714. The zero-order chi connectivity index (χ0) is 19.1. The highest BCUT2D eigenvalue weighted by Crippen LogP contribution is 2.31. The van der Waals surface area contributed by atoms with Crippen molar-refractivity contribution < 1.29 is 21.8 Å². The Kier molecular flexibility index (Phi) is 4.42. The molecule has 9 nitrogen and oxygen atoms in total. The monoisotopic (exact) mass is 413 g/mol. The third-order valence-corrected chi connectivity index (χ3v) is 6.92. The van der Waals surface area contributed by atoms with Crippen molar-refractivity contribution in [2.24, 2.45) is 0 Å². The Morgan fingerprint density at radius 1 is 1.12 bits per heavy atom. The van der Waals surface area contributed by atoms with E-state index in [0.717, 1.165) is 29.7 Å². The molecule has 0 saturated heterocycles. The van der Waals surface area contributed by atoms with E-state index in [0.29, 0.717) is 10.2 Å². The van der Waals surface area contributed by atoms with Crippen LogP contribution in [0.15, 0.2) is 52.3 Å². The number of nitro benzene ring substituents is 1.